The van der Waals surface area contributed by atoms with Crippen LogP contribution < -0.4 is 15.4 Å². The molecule has 0 fully saturated rings. The summed E-state index contributed by atoms with van der Waals surface area (Å²) < 4.78 is 11.5. The summed E-state index contributed by atoms with van der Waals surface area (Å²) >= 11 is 0. The highest BCUT2D eigenvalue weighted by Crippen LogP contribution is 2.24. The van der Waals surface area contributed by atoms with E-state index in [9.17, 15) is 9.59 Å². The Kier molecular flexibility index (Phi) is 7.09. The molecule has 0 unspecified atom stereocenters. The van der Waals surface area contributed by atoms with Gasteiger partial charge in [-0.1, -0.05) is 18.2 Å². The van der Waals surface area contributed by atoms with Crippen molar-refractivity contribution in [1.82, 2.24) is 15.6 Å². The van der Waals surface area contributed by atoms with Crippen LogP contribution in [0.5, 0.6) is 5.75 Å². The van der Waals surface area contributed by atoms with Gasteiger partial charge in [0.25, 0.3) is 11.8 Å². The number of fused-ring (bicyclic) bond motifs is 3. The van der Waals surface area contributed by atoms with Gasteiger partial charge >= 0.3 is 0 Å². The third-order valence-corrected chi connectivity index (χ3v) is 5.10. The van der Waals surface area contributed by atoms with Crippen LogP contribution in [0, 0.1) is 0 Å². The van der Waals surface area contributed by atoms with Crippen molar-refractivity contribution >= 4 is 11.8 Å². The van der Waals surface area contributed by atoms with Crippen molar-refractivity contribution in [3.8, 4) is 5.75 Å². The standard InChI is InChI=1S/C25H25N3O4/c29-24-20-5-1-3-18(13-20)14-22-15-21(25(30)28-17-19-4-2-8-26-16-19)6-7-23(22)32-12-11-31-10-9-27-24/h1-8,13,15-16H,9-12,14,17H2,(H,27,29)(H,28,30). The van der Waals surface area contributed by atoms with E-state index in [1.807, 2.05) is 42.5 Å². The monoisotopic (exact) mass is 431 g/mol. The lowest BCUT2D eigenvalue weighted by Gasteiger charge is -2.15. The topological polar surface area (TPSA) is 89.5 Å². The first-order valence-corrected chi connectivity index (χ1v) is 10.6. The van der Waals surface area contributed by atoms with E-state index in [0.29, 0.717) is 56.2 Å². The molecule has 2 aromatic carbocycles. The maximum Gasteiger partial charge on any atom is 0.251 e. The molecular weight excluding hydrogens is 406 g/mol. The largest absolute Gasteiger partial charge is 0.491 e. The Bertz CT molecular complexity index is 1090. The van der Waals surface area contributed by atoms with Crippen molar-refractivity contribution in [2.45, 2.75) is 13.0 Å². The van der Waals surface area contributed by atoms with Gasteiger partial charge in [0, 0.05) is 43.0 Å². The van der Waals surface area contributed by atoms with Gasteiger partial charge < -0.3 is 20.1 Å². The van der Waals surface area contributed by atoms with Gasteiger partial charge in [-0.3, -0.25) is 14.6 Å². The summed E-state index contributed by atoms with van der Waals surface area (Å²) in [5.41, 5.74) is 3.89. The van der Waals surface area contributed by atoms with Gasteiger partial charge in [-0.2, -0.15) is 0 Å². The van der Waals surface area contributed by atoms with E-state index in [1.165, 1.54) is 0 Å². The summed E-state index contributed by atoms with van der Waals surface area (Å²) in [5, 5.41) is 5.78. The second kappa shape index (κ2) is 10.5. The quantitative estimate of drug-likeness (QED) is 0.666. The Hall–Kier alpha value is -3.71. The Morgan fingerprint density at radius 2 is 2.00 bits per heavy atom. The van der Waals surface area contributed by atoms with Crippen molar-refractivity contribution in [3.05, 3.63) is 94.8 Å². The number of rotatable bonds is 3. The number of amides is 2. The molecule has 1 aliphatic rings. The molecule has 3 aromatic rings. The van der Waals surface area contributed by atoms with E-state index >= 15 is 0 Å². The zero-order chi connectivity index (χ0) is 22.2. The molecule has 2 bridgehead atoms. The zero-order valence-corrected chi connectivity index (χ0v) is 17.7. The van der Waals surface area contributed by atoms with Crippen molar-refractivity contribution < 1.29 is 19.1 Å². The van der Waals surface area contributed by atoms with Crippen LogP contribution in [0.1, 0.15) is 37.4 Å². The van der Waals surface area contributed by atoms with Crippen LogP contribution in [-0.2, 0) is 17.7 Å². The summed E-state index contributed by atoms with van der Waals surface area (Å²) in [6.07, 6.45) is 3.95. The number of aromatic nitrogens is 1. The third-order valence-electron chi connectivity index (χ3n) is 5.10. The van der Waals surface area contributed by atoms with Crippen molar-refractivity contribution in [2.75, 3.05) is 26.4 Å². The number of carbonyl (C=O) groups is 2. The van der Waals surface area contributed by atoms with Gasteiger partial charge in [0.15, 0.2) is 0 Å². The Morgan fingerprint density at radius 3 is 2.88 bits per heavy atom. The van der Waals surface area contributed by atoms with Crippen LogP contribution in [0.4, 0.5) is 0 Å². The molecule has 0 atom stereocenters. The summed E-state index contributed by atoms with van der Waals surface area (Å²) in [7, 11) is 0. The first-order valence-electron chi connectivity index (χ1n) is 10.6. The summed E-state index contributed by atoms with van der Waals surface area (Å²) in [5.74, 6) is 0.393. The fourth-order valence-electron chi connectivity index (χ4n) is 3.48. The van der Waals surface area contributed by atoms with Gasteiger partial charge in [-0.25, -0.2) is 0 Å². The minimum atomic E-state index is -0.174. The molecule has 2 amide bonds. The molecule has 1 aromatic heterocycles. The zero-order valence-electron chi connectivity index (χ0n) is 17.7. The second-order valence-electron chi connectivity index (χ2n) is 7.46. The molecule has 7 nitrogen and oxygen atoms in total. The fraction of sp³-hybridized carbons (Fsp3) is 0.240. The molecule has 1 aliphatic heterocycles. The Morgan fingerprint density at radius 1 is 1.06 bits per heavy atom. The molecule has 0 spiro atoms. The molecule has 0 saturated carbocycles. The van der Waals surface area contributed by atoms with Crippen LogP contribution in [0.25, 0.3) is 0 Å². The third kappa shape index (κ3) is 5.70. The molecule has 7 heteroatoms. The van der Waals surface area contributed by atoms with Crippen LogP contribution in [0.15, 0.2) is 67.0 Å². The van der Waals surface area contributed by atoms with Crippen LogP contribution in [-0.4, -0.2) is 43.2 Å². The van der Waals surface area contributed by atoms with E-state index in [0.717, 1.165) is 16.7 Å². The van der Waals surface area contributed by atoms with E-state index in [1.54, 1.807) is 24.5 Å². The summed E-state index contributed by atoms with van der Waals surface area (Å²) in [4.78, 5) is 29.2. The van der Waals surface area contributed by atoms with E-state index in [-0.39, 0.29) is 11.8 Å². The van der Waals surface area contributed by atoms with Gasteiger partial charge in [-0.15, -0.1) is 0 Å². The van der Waals surface area contributed by atoms with E-state index in [4.69, 9.17) is 9.47 Å². The number of nitrogens with one attached hydrogen (secondary N) is 2. The van der Waals surface area contributed by atoms with Gasteiger partial charge in [0.2, 0.25) is 0 Å². The lowest BCUT2D eigenvalue weighted by atomic mass is 9.99. The molecule has 164 valence electrons. The highest BCUT2D eigenvalue weighted by atomic mass is 16.5. The molecule has 0 radical (unpaired) electrons. The number of benzene rings is 2. The van der Waals surface area contributed by atoms with Crippen LogP contribution in [0.2, 0.25) is 0 Å². The first-order chi connectivity index (χ1) is 15.7. The molecular formula is C25H25N3O4. The highest BCUT2D eigenvalue weighted by molar-refractivity contribution is 5.95. The molecule has 4 rings (SSSR count). The number of pyridine rings is 1. The van der Waals surface area contributed by atoms with Crippen LogP contribution in [0.3, 0.4) is 0 Å². The average molecular weight is 431 g/mol. The minimum absolute atomic E-state index is 0.132. The highest BCUT2D eigenvalue weighted by Gasteiger charge is 2.13. The van der Waals surface area contributed by atoms with Gasteiger partial charge in [-0.05, 0) is 53.1 Å². The Labute approximate surface area is 186 Å². The van der Waals surface area contributed by atoms with Crippen molar-refractivity contribution in [1.29, 1.82) is 0 Å². The van der Waals surface area contributed by atoms with Crippen LogP contribution >= 0.6 is 0 Å². The predicted molar refractivity (Wildman–Crippen MR) is 120 cm³/mol. The SMILES string of the molecule is O=C1NCCOCCOc2ccc(C(=O)NCc3cccnc3)cc2Cc2cccc1c2. The van der Waals surface area contributed by atoms with Crippen molar-refractivity contribution in [2.24, 2.45) is 0 Å². The lowest BCUT2D eigenvalue weighted by molar-refractivity contribution is 0.0865. The summed E-state index contributed by atoms with van der Waals surface area (Å²) in [6, 6.07) is 16.6. The van der Waals surface area contributed by atoms with Crippen molar-refractivity contribution in [3.63, 3.8) is 0 Å². The van der Waals surface area contributed by atoms with E-state index < -0.39 is 0 Å². The average Bonchev–Trinajstić information content (AvgIpc) is 2.83. The number of hydrogen-bond acceptors (Lipinski definition) is 5. The first kappa shape index (κ1) is 21.5. The van der Waals surface area contributed by atoms with Gasteiger partial charge in [0.1, 0.15) is 12.4 Å². The minimum Gasteiger partial charge on any atom is -0.491 e. The lowest BCUT2D eigenvalue weighted by Crippen LogP contribution is -2.28. The molecule has 2 heterocycles. The molecule has 2 N–H and O–H groups in total. The van der Waals surface area contributed by atoms with E-state index in [2.05, 4.69) is 15.6 Å². The number of ether oxygens (including phenoxy) is 2. The molecule has 32 heavy (non-hydrogen) atoms. The second-order valence-corrected chi connectivity index (χ2v) is 7.46. The van der Waals surface area contributed by atoms with Gasteiger partial charge in [0.05, 0.1) is 13.2 Å². The smallest absolute Gasteiger partial charge is 0.251 e. The summed E-state index contributed by atoms with van der Waals surface area (Å²) in [6.45, 7) is 2.05. The fourth-order valence-corrected chi connectivity index (χ4v) is 3.48. The number of hydrogen-bond donors (Lipinski definition) is 2. The molecule has 0 aliphatic carbocycles. The normalized spacial score (nSPS) is 14.3. The molecule has 0 saturated heterocycles. The number of nitrogens with zero attached hydrogens (tertiary/aromatic N) is 1. The maximum atomic E-state index is 12.7. The maximum absolute atomic E-state index is 12.7. The Balaban J connectivity index is 1.57. The number of carbonyl (C=O) groups excluding carboxylic acids is 2. The predicted octanol–water partition coefficient (Wildman–Crippen LogP) is 2.74.